The molecule has 0 spiro atoms. The highest BCUT2D eigenvalue weighted by Gasteiger charge is 2.22. The summed E-state index contributed by atoms with van der Waals surface area (Å²) in [4.78, 5) is 4.71. The van der Waals surface area contributed by atoms with Gasteiger partial charge in [0.2, 0.25) is 0 Å². The van der Waals surface area contributed by atoms with Crippen molar-refractivity contribution in [3.8, 4) is 0 Å². The van der Waals surface area contributed by atoms with Crippen molar-refractivity contribution in [1.82, 2.24) is 0 Å². The molecule has 0 saturated heterocycles. The van der Waals surface area contributed by atoms with E-state index in [0.717, 1.165) is 34.1 Å². The maximum atomic E-state index is 2.47. The van der Waals surface area contributed by atoms with Crippen molar-refractivity contribution >= 4 is 110 Å². The van der Waals surface area contributed by atoms with E-state index in [4.69, 9.17) is 0 Å². The Kier molecular flexibility index (Phi) is 6.66. The van der Waals surface area contributed by atoms with Gasteiger partial charge in [0.15, 0.2) is 0 Å². The van der Waals surface area contributed by atoms with Crippen LogP contribution in [0, 0.1) is 0 Å². The van der Waals surface area contributed by atoms with Crippen molar-refractivity contribution in [2.75, 3.05) is 9.80 Å². The van der Waals surface area contributed by atoms with Gasteiger partial charge in [-0.1, -0.05) is 121 Å². The second-order valence-corrected chi connectivity index (χ2v) is 14.9. The molecule has 2 heteroatoms. The molecule has 12 rings (SSSR count). The zero-order valence-corrected chi connectivity index (χ0v) is 30.5. The minimum Gasteiger partial charge on any atom is -0.310 e. The summed E-state index contributed by atoms with van der Waals surface area (Å²) in [5.41, 5.74) is 6.86. The molecule has 0 aliphatic heterocycles. The lowest BCUT2D eigenvalue weighted by atomic mass is 9.93. The molecule has 0 heterocycles. The fraction of sp³-hybridized carbons (Fsp3) is 0. The fourth-order valence-corrected chi connectivity index (χ4v) is 9.50. The van der Waals surface area contributed by atoms with Gasteiger partial charge >= 0.3 is 0 Å². The summed E-state index contributed by atoms with van der Waals surface area (Å²) < 4.78 is 0. The van der Waals surface area contributed by atoms with Crippen LogP contribution in [0.2, 0.25) is 0 Å². The molecule has 12 aromatic carbocycles. The third-order valence-electron chi connectivity index (χ3n) is 11.9. The van der Waals surface area contributed by atoms with Crippen molar-refractivity contribution in [1.29, 1.82) is 0 Å². The van der Waals surface area contributed by atoms with Gasteiger partial charge < -0.3 is 9.80 Å². The summed E-state index contributed by atoms with van der Waals surface area (Å²) in [5, 5.41) is 18.3. The van der Waals surface area contributed by atoms with Crippen molar-refractivity contribution in [3.63, 3.8) is 0 Å². The fourth-order valence-electron chi connectivity index (χ4n) is 9.50. The van der Waals surface area contributed by atoms with E-state index in [1.165, 1.54) is 75.4 Å². The molecule has 0 N–H and O–H groups in total. The average Bonchev–Trinajstić information content (AvgIpc) is 3.76. The van der Waals surface area contributed by atoms with E-state index in [1.54, 1.807) is 0 Å². The molecule has 0 bridgehead atoms. The van der Waals surface area contributed by atoms with Gasteiger partial charge in [0.25, 0.3) is 0 Å². The van der Waals surface area contributed by atoms with Gasteiger partial charge in [0.05, 0.1) is 0 Å². The number of fused-ring (bicyclic) bond motifs is 9. The van der Waals surface area contributed by atoms with Crippen LogP contribution >= 0.6 is 0 Å². The Bertz CT molecular complexity index is 3090. The molecule has 0 radical (unpaired) electrons. The van der Waals surface area contributed by atoms with Crippen molar-refractivity contribution in [2.24, 2.45) is 0 Å². The summed E-state index contributed by atoms with van der Waals surface area (Å²) >= 11 is 0. The van der Waals surface area contributed by atoms with E-state index in [0.29, 0.717) is 0 Å². The first-order valence-electron chi connectivity index (χ1n) is 19.4. The molecule has 0 aliphatic rings. The largest absolute Gasteiger partial charge is 0.310 e. The lowest BCUT2D eigenvalue weighted by Gasteiger charge is -2.25. The molecule has 0 unspecified atom stereocenters. The highest BCUT2D eigenvalue weighted by molar-refractivity contribution is 6.41. The van der Waals surface area contributed by atoms with Crippen LogP contribution in [-0.4, -0.2) is 0 Å². The predicted molar refractivity (Wildman–Crippen MR) is 241 cm³/mol. The molecule has 56 heavy (non-hydrogen) atoms. The van der Waals surface area contributed by atoms with Gasteiger partial charge in [-0.15, -0.1) is 0 Å². The average molecular weight is 711 g/mol. The normalized spacial score (nSPS) is 11.9. The first-order chi connectivity index (χ1) is 27.8. The quantitative estimate of drug-likeness (QED) is 0.159. The topological polar surface area (TPSA) is 6.48 Å². The van der Waals surface area contributed by atoms with Crippen molar-refractivity contribution < 1.29 is 0 Å². The molecular weight excluding hydrogens is 677 g/mol. The van der Waals surface area contributed by atoms with Crippen LogP contribution in [0.25, 0.3) is 75.4 Å². The van der Waals surface area contributed by atoms with Gasteiger partial charge in [0.1, 0.15) is 0 Å². The minimum atomic E-state index is 1.14. The van der Waals surface area contributed by atoms with Crippen LogP contribution in [0.15, 0.2) is 206 Å². The molecule has 260 valence electrons. The van der Waals surface area contributed by atoms with Gasteiger partial charge in [-0.3, -0.25) is 0 Å². The third kappa shape index (κ3) is 4.50. The van der Waals surface area contributed by atoms with Gasteiger partial charge in [-0.05, 0) is 160 Å². The van der Waals surface area contributed by atoms with Crippen molar-refractivity contribution in [2.45, 2.75) is 0 Å². The van der Waals surface area contributed by atoms with E-state index in [2.05, 4.69) is 216 Å². The molecule has 12 aromatic rings. The number of rotatable bonds is 6. The number of para-hydroxylation sites is 4. The molecule has 0 aliphatic carbocycles. The van der Waals surface area contributed by atoms with Crippen LogP contribution in [0.1, 0.15) is 0 Å². The van der Waals surface area contributed by atoms with E-state index in [9.17, 15) is 0 Å². The minimum absolute atomic E-state index is 1.14. The monoisotopic (exact) mass is 710 g/mol. The Balaban J connectivity index is 1.09. The second-order valence-electron chi connectivity index (χ2n) is 14.9. The zero-order chi connectivity index (χ0) is 36.7. The first kappa shape index (κ1) is 31.0. The maximum absolute atomic E-state index is 2.47. The number of anilines is 6. The maximum Gasteiger partial charge on any atom is 0.0468 e. The standard InChI is InChI=1S/C54H34N2/c1-5-15-35(16-6-1)55(36-17-7-2-8-18-36)39-27-29-41-47(31-39)43-23-13-25-45-50-34-52-42-30-28-40(56(37-19-9-3-10-20-37)38-21-11-4-12-22-38)32-48(42)44-24-14-26-46(54(44)52)49(50)33-51(41)53(43)45/h1-34H. The Morgan fingerprint density at radius 1 is 0.179 bits per heavy atom. The van der Waals surface area contributed by atoms with E-state index < -0.39 is 0 Å². The zero-order valence-electron chi connectivity index (χ0n) is 30.5. The molecule has 0 aromatic heterocycles. The Morgan fingerprint density at radius 2 is 0.482 bits per heavy atom. The highest BCUT2D eigenvalue weighted by atomic mass is 15.1. The summed E-state index contributed by atoms with van der Waals surface area (Å²) in [6.07, 6.45) is 0. The summed E-state index contributed by atoms with van der Waals surface area (Å²) in [5.74, 6) is 0. The van der Waals surface area contributed by atoms with E-state index in [1.807, 2.05) is 0 Å². The Morgan fingerprint density at radius 3 is 0.804 bits per heavy atom. The van der Waals surface area contributed by atoms with Crippen LogP contribution < -0.4 is 9.80 Å². The number of hydrogen-bond acceptors (Lipinski definition) is 2. The van der Waals surface area contributed by atoms with Gasteiger partial charge in [0, 0.05) is 34.1 Å². The molecule has 0 atom stereocenters. The van der Waals surface area contributed by atoms with Gasteiger partial charge in [-0.25, -0.2) is 0 Å². The van der Waals surface area contributed by atoms with Crippen molar-refractivity contribution in [3.05, 3.63) is 206 Å². The van der Waals surface area contributed by atoms with Crippen LogP contribution in [0.4, 0.5) is 34.1 Å². The third-order valence-corrected chi connectivity index (χ3v) is 11.9. The van der Waals surface area contributed by atoms with Crippen LogP contribution in [0.3, 0.4) is 0 Å². The van der Waals surface area contributed by atoms with E-state index >= 15 is 0 Å². The number of benzene rings is 10. The molecular formula is C54H34N2. The second kappa shape index (κ2) is 12.0. The summed E-state index contributed by atoms with van der Waals surface area (Å²) in [6, 6.07) is 75.5. The molecule has 0 fully saturated rings. The molecule has 0 amide bonds. The predicted octanol–water partition coefficient (Wildman–Crippen LogP) is 15.6. The van der Waals surface area contributed by atoms with Crippen LogP contribution in [-0.2, 0) is 0 Å². The Hall–Kier alpha value is -7.42. The first-order valence-corrected chi connectivity index (χ1v) is 19.4. The van der Waals surface area contributed by atoms with Crippen LogP contribution in [0.5, 0.6) is 0 Å². The lowest BCUT2D eigenvalue weighted by molar-refractivity contribution is 1.29. The van der Waals surface area contributed by atoms with E-state index in [-0.39, 0.29) is 0 Å². The molecule has 2 nitrogen and oxygen atoms in total. The summed E-state index contributed by atoms with van der Waals surface area (Å²) in [6.45, 7) is 0. The summed E-state index contributed by atoms with van der Waals surface area (Å²) in [7, 11) is 0. The lowest BCUT2D eigenvalue weighted by Crippen LogP contribution is -2.09. The molecule has 0 saturated carbocycles. The SMILES string of the molecule is c1ccc(N(c2ccccc2)c2ccc3c(c2)c2cccc4c5cc6c7ccc(N(c8ccccc8)c8ccccc8)cc7c7cccc(c5cc3c24)c76)cc1. The highest BCUT2D eigenvalue weighted by Crippen LogP contribution is 2.49. The van der Waals surface area contributed by atoms with Gasteiger partial charge in [-0.2, -0.15) is 0 Å². The number of hydrogen-bond donors (Lipinski definition) is 0. The smallest absolute Gasteiger partial charge is 0.0468 e. The Labute approximate surface area is 324 Å². The number of nitrogens with zero attached hydrogens (tertiary/aromatic N) is 2.